The Hall–Kier alpha value is -3.03. The predicted molar refractivity (Wildman–Crippen MR) is 153 cm³/mol. The van der Waals surface area contributed by atoms with E-state index in [1.807, 2.05) is 54.2 Å². The monoisotopic (exact) mass is 534 g/mol. The highest BCUT2D eigenvalue weighted by molar-refractivity contribution is 8.04. The van der Waals surface area contributed by atoms with E-state index in [4.69, 9.17) is 0 Å². The Morgan fingerprint density at radius 3 is 2.51 bits per heavy atom. The molecule has 2 amide bonds. The highest BCUT2D eigenvalue weighted by Gasteiger charge is 2.29. The lowest BCUT2D eigenvalue weighted by Gasteiger charge is -2.30. The van der Waals surface area contributed by atoms with Crippen LogP contribution in [0.25, 0.3) is 6.08 Å². The SMILES string of the molecule is CCCCSCCCNC(=O)c1ccc(C=C2Sc3ccccc3N(Cc3ccccc3F)C2=O)cc1. The number of benzene rings is 3. The molecule has 0 radical (unpaired) electrons. The molecule has 0 spiro atoms. The van der Waals surface area contributed by atoms with Gasteiger partial charge in [0, 0.05) is 22.6 Å². The van der Waals surface area contributed by atoms with Crippen LogP contribution in [0.2, 0.25) is 0 Å². The maximum absolute atomic E-state index is 14.4. The van der Waals surface area contributed by atoms with Crippen molar-refractivity contribution >= 4 is 47.1 Å². The van der Waals surface area contributed by atoms with Crippen molar-refractivity contribution in [1.82, 2.24) is 5.32 Å². The first-order valence-corrected chi connectivity index (χ1v) is 14.5. The molecule has 0 aromatic heterocycles. The summed E-state index contributed by atoms with van der Waals surface area (Å²) in [6, 6.07) is 21.4. The predicted octanol–water partition coefficient (Wildman–Crippen LogP) is 7.16. The number of halogens is 1. The van der Waals surface area contributed by atoms with Crippen LogP contribution in [0.5, 0.6) is 0 Å². The van der Waals surface area contributed by atoms with Gasteiger partial charge in [-0.25, -0.2) is 4.39 Å². The van der Waals surface area contributed by atoms with Crippen molar-refractivity contribution in [1.29, 1.82) is 0 Å². The van der Waals surface area contributed by atoms with E-state index in [-0.39, 0.29) is 24.2 Å². The fourth-order valence-corrected chi connectivity index (χ4v) is 6.03. The van der Waals surface area contributed by atoms with E-state index in [0.717, 1.165) is 28.3 Å². The van der Waals surface area contributed by atoms with Gasteiger partial charge < -0.3 is 10.2 Å². The lowest BCUT2D eigenvalue weighted by atomic mass is 10.1. The van der Waals surface area contributed by atoms with Gasteiger partial charge in [-0.1, -0.05) is 67.6 Å². The Balaban J connectivity index is 1.43. The quantitative estimate of drug-likeness (QED) is 0.209. The van der Waals surface area contributed by atoms with Crippen LogP contribution in [0.3, 0.4) is 0 Å². The second-order valence-corrected chi connectivity index (χ2v) is 11.1. The number of nitrogens with zero attached hydrogens (tertiary/aromatic N) is 1. The van der Waals surface area contributed by atoms with Crippen LogP contribution in [0, 0.1) is 5.82 Å². The van der Waals surface area contributed by atoms with Crippen molar-refractivity contribution in [2.75, 3.05) is 23.0 Å². The van der Waals surface area contributed by atoms with Gasteiger partial charge in [0.2, 0.25) is 0 Å². The molecule has 1 heterocycles. The molecule has 1 aliphatic rings. The van der Waals surface area contributed by atoms with Crippen molar-refractivity contribution in [2.24, 2.45) is 0 Å². The number of unbranched alkanes of at least 4 members (excludes halogenated alkanes) is 1. The molecule has 3 aromatic rings. The second kappa shape index (κ2) is 13.5. The van der Waals surface area contributed by atoms with Crippen molar-refractivity contribution in [3.8, 4) is 0 Å². The number of hydrogen-bond donors (Lipinski definition) is 1. The highest BCUT2D eigenvalue weighted by atomic mass is 32.2. The van der Waals surface area contributed by atoms with Crippen LogP contribution in [-0.4, -0.2) is 29.9 Å². The van der Waals surface area contributed by atoms with Gasteiger partial charge >= 0.3 is 0 Å². The van der Waals surface area contributed by atoms with Gasteiger partial charge in [-0.3, -0.25) is 9.59 Å². The summed E-state index contributed by atoms with van der Waals surface area (Å²) in [5, 5.41) is 2.98. The fraction of sp³-hybridized carbons (Fsp3) is 0.267. The van der Waals surface area contributed by atoms with Crippen molar-refractivity contribution in [2.45, 2.75) is 37.6 Å². The van der Waals surface area contributed by atoms with Gasteiger partial charge in [0.05, 0.1) is 17.1 Å². The first-order valence-electron chi connectivity index (χ1n) is 12.6. The third-order valence-electron chi connectivity index (χ3n) is 5.98. The molecule has 0 saturated carbocycles. The molecule has 192 valence electrons. The van der Waals surface area contributed by atoms with Crippen LogP contribution < -0.4 is 10.2 Å². The number of fused-ring (bicyclic) bond motifs is 1. The molecule has 4 nitrogen and oxygen atoms in total. The second-order valence-electron chi connectivity index (χ2n) is 8.76. The number of hydrogen-bond acceptors (Lipinski definition) is 4. The minimum Gasteiger partial charge on any atom is -0.352 e. The topological polar surface area (TPSA) is 49.4 Å². The van der Waals surface area contributed by atoms with Gasteiger partial charge in [0.25, 0.3) is 11.8 Å². The van der Waals surface area contributed by atoms with Gasteiger partial charge in [0.15, 0.2) is 0 Å². The molecule has 4 rings (SSSR count). The summed E-state index contributed by atoms with van der Waals surface area (Å²) < 4.78 is 14.4. The normalized spacial score (nSPS) is 14.1. The Morgan fingerprint density at radius 1 is 1.00 bits per heavy atom. The van der Waals surface area contributed by atoms with Gasteiger partial charge in [-0.2, -0.15) is 11.8 Å². The average Bonchev–Trinajstić information content (AvgIpc) is 2.92. The highest BCUT2D eigenvalue weighted by Crippen LogP contribution is 2.42. The standard InChI is InChI=1S/C30H31FN2O2S2/c1-2-3-18-36-19-8-17-32-29(34)23-15-13-22(14-16-23)20-28-30(35)33(21-24-9-4-5-10-25(24)31)26-11-6-7-12-27(26)37-28/h4-7,9-16,20H,2-3,8,17-19,21H2,1H3,(H,32,34). The third-order valence-corrected chi connectivity index (χ3v) is 8.21. The zero-order chi connectivity index (χ0) is 26.0. The summed E-state index contributed by atoms with van der Waals surface area (Å²) in [4.78, 5) is 29.1. The lowest BCUT2D eigenvalue weighted by Crippen LogP contribution is -2.34. The Labute approximate surface area is 226 Å². The van der Waals surface area contributed by atoms with E-state index < -0.39 is 0 Å². The van der Waals surface area contributed by atoms with Crippen LogP contribution in [0.4, 0.5) is 10.1 Å². The fourth-order valence-electron chi connectivity index (χ4n) is 3.92. The Kier molecular flexibility index (Phi) is 9.85. The summed E-state index contributed by atoms with van der Waals surface area (Å²) >= 11 is 3.34. The van der Waals surface area contributed by atoms with E-state index in [9.17, 15) is 14.0 Å². The van der Waals surface area contributed by atoms with Crippen LogP contribution in [0.1, 0.15) is 47.7 Å². The average molecular weight is 535 g/mol. The Bertz CT molecular complexity index is 1260. The minimum atomic E-state index is -0.333. The summed E-state index contributed by atoms with van der Waals surface area (Å²) in [6.07, 6.45) is 5.23. The summed E-state index contributed by atoms with van der Waals surface area (Å²) in [5.41, 5.74) is 2.65. The molecule has 1 aliphatic heterocycles. The zero-order valence-corrected chi connectivity index (χ0v) is 22.5. The van der Waals surface area contributed by atoms with E-state index in [2.05, 4.69) is 12.2 Å². The summed E-state index contributed by atoms with van der Waals surface area (Å²) in [7, 11) is 0. The van der Waals surface area contributed by atoms with Crippen LogP contribution in [-0.2, 0) is 11.3 Å². The molecule has 0 bridgehead atoms. The number of amides is 2. The van der Waals surface area contributed by atoms with Gasteiger partial charge in [-0.05, 0) is 66.3 Å². The Morgan fingerprint density at radius 2 is 1.73 bits per heavy atom. The molecule has 37 heavy (non-hydrogen) atoms. The lowest BCUT2D eigenvalue weighted by molar-refractivity contribution is -0.114. The number of anilines is 1. The van der Waals surface area contributed by atoms with Gasteiger partial charge in [-0.15, -0.1) is 0 Å². The number of carbonyl (C=O) groups excluding carboxylic acids is 2. The zero-order valence-electron chi connectivity index (χ0n) is 20.9. The number of nitrogens with one attached hydrogen (secondary N) is 1. The molecular weight excluding hydrogens is 503 g/mol. The van der Waals surface area contributed by atoms with Crippen LogP contribution >= 0.6 is 23.5 Å². The molecule has 0 fully saturated rings. The van der Waals surface area contributed by atoms with Crippen LogP contribution in [0.15, 0.2) is 82.6 Å². The minimum absolute atomic E-state index is 0.0918. The molecule has 0 aliphatic carbocycles. The molecule has 3 aromatic carbocycles. The first-order chi connectivity index (χ1) is 18.1. The molecule has 7 heteroatoms. The largest absolute Gasteiger partial charge is 0.352 e. The molecule has 1 N–H and O–H groups in total. The molecule has 0 unspecified atom stereocenters. The van der Waals surface area contributed by atoms with Crippen molar-refractivity contribution < 1.29 is 14.0 Å². The van der Waals surface area contributed by atoms with Crippen molar-refractivity contribution in [3.63, 3.8) is 0 Å². The van der Waals surface area contributed by atoms with E-state index in [1.165, 1.54) is 36.4 Å². The molecular formula is C30H31FN2O2S2. The molecule has 0 saturated heterocycles. The molecule has 0 atom stereocenters. The maximum Gasteiger partial charge on any atom is 0.265 e. The third kappa shape index (κ3) is 7.27. The summed E-state index contributed by atoms with van der Waals surface area (Å²) in [5.74, 6) is 1.63. The number of thioether (sulfide) groups is 2. The number of carbonyl (C=O) groups is 2. The van der Waals surface area contributed by atoms with Crippen molar-refractivity contribution in [3.05, 3.63) is 100 Å². The van der Waals surface area contributed by atoms with E-state index in [0.29, 0.717) is 22.6 Å². The number of para-hydroxylation sites is 1. The van der Waals surface area contributed by atoms with E-state index >= 15 is 0 Å². The van der Waals surface area contributed by atoms with E-state index in [1.54, 1.807) is 35.2 Å². The first kappa shape index (κ1) is 27.0. The van der Waals surface area contributed by atoms with Gasteiger partial charge in [0.1, 0.15) is 5.82 Å². The smallest absolute Gasteiger partial charge is 0.265 e. The summed E-state index contributed by atoms with van der Waals surface area (Å²) in [6.45, 7) is 3.00. The maximum atomic E-state index is 14.4. The number of rotatable bonds is 11.